The predicted octanol–water partition coefficient (Wildman–Crippen LogP) is 3.53. The van der Waals surface area contributed by atoms with E-state index in [9.17, 15) is 4.79 Å². The van der Waals surface area contributed by atoms with E-state index in [0.717, 1.165) is 19.3 Å². The summed E-state index contributed by atoms with van der Waals surface area (Å²) >= 11 is 0. The first-order chi connectivity index (χ1) is 7.65. The maximum absolute atomic E-state index is 11.1. The Bertz CT molecular complexity index is 441. The van der Waals surface area contributed by atoms with E-state index >= 15 is 0 Å². The van der Waals surface area contributed by atoms with Gasteiger partial charge in [-0.25, -0.2) is 0 Å². The first kappa shape index (κ1) is 11.1. The molecule has 1 aromatic rings. The van der Waals surface area contributed by atoms with Crippen molar-refractivity contribution >= 4 is 5.78 Å². The van der Waals surface area contributed by atoms with E-state index in [-0.39, 0.29) is 0 Å². The fraction of sp³-hybridized carbons (Fsp3) is 0.400. The molecule has 1 aliphatic carbocycles. The van der Waals surface area contributed by atoms with Crippen molar-refractivity contribution < 1.29 is 4.79 Å². The van der Waals surface area contributed by atoms with Gasteiger partial charge in [0.25, 0.3) is 0 Å². The van der Waals surface area contributed by atoms with Gasteiger partial charge in [-0.05, 0) is 37.8 Å². The van der Waals surface area contributed by atoms with Gasteiger partial charge in [0.1, 0.15) is 5.78 Å². The summed E-state index contributed by atoms with van der Waals surface area (Å²) in [5.74, 6) is 0.379. The lowest BCUT2D eigenvalue weighted by Gasteiger charge is -2.14. The molecule has 1 aliphatic rings. The molecule has 0 fully saturated rings. The highest BCUT2D eigenvalue weighted by atomic mass is 16.1. The first-order valence-electron chi connectivity index (χ1n) is 5.91. The van der Waals surface area contributed by atoms with Crippen LogP contribution in [-0.4, -0.2) is 5.78 Å². The molecule has 0 spiro atoms. The summed E-state index contributed by atoms with van der Waals surface area (Å²) in [5.41, 5.74) is 5.49. The van der Waals surface area contributed by atoms with Crippen molar-refractivity contribution in [2.75, 3.05) is 0 Å². The zero-order valence-electron chi connectivity index (χ0n) is 10.0. The first-order valence-corrected chi connectivity index (χ1v) is 5.91. The molecule has 2 rings (SSSR count). The van der Waals surface area contributed by atoms with Gasteiger partial charge in [-0.1, -0.05) is 35.4 Å². The zero-order chi connectivity index (χ0) is 11.5. The number of hydrogen-bond acceptors (Lipinski definition) is 1. The fourth-order valence-corrected chi connectivity index (χ4v) is 2.16. The van der Waals surface area contributed by atoms with Crippen LogP contribution in [0, 0.1) is 13.8 Å². The molecule has 0 unspecified atom stereocenters. The van der Waals surface area contributed by atoms with Crippen LogP contribution in [0.25, 0.3) is 0 Å². The van der Waals surface area contributed by atoms with Crippen molar-refractivity contribution in [2.24, 2.45) is 0 Å². The maximum Gasteiger partial charge on any atom is 0.136 e. The van der Waals surface area contributed by atoms with Crippen LogP contribution in [-0.2, 0) is 11.2 Å². The molecule has 1 aromatic carbocycles. The number of allylic oxidation sites excluding steroid dienone is 2. The van der Waals surface area contributed by atoms with E-state index in [4.69, 9.17) is 0 Å². The van der Waals surface area contributed by atoms with E-state index in [1.165, 1.54) is 22.3 Å². The summed E-state index contributed by atoms with van der Waals surface area (Å²) in [6.07, 6.45) is 5.46. The molecule has 1 nitrogen and oxygen atoms in total. The predicted molar refractivity (Wildman–Crippen MR) is 66.6 cm³/mol. The van der Waals surface area contributed by atoms with Crippen LogP contribution in [0.4, 0.5) is 0 Å². The third-order valence-corrected chi connectivity index (χ3v) is 3.27. The molecule has 0 aliphatic heterocycles. The molecular weight excluding hydrogens is 196 g/mol. The van der Waals surface area contributed by atoms with Gasteiger partial charge in [-0.3, -0.25) is 4.79 Å². The number of carbonyl (C=O) groups excluding carboxylic acids is 1. The van der Waals surface area contributed by atoms with Crippen LogP contribution in [0.5, 0.6) is 0 Å². The second kappa shape index (κ2) is 4.65. The molecule has 0 bridgehead atoms. The summed E-state index contributed by atoms with van der Waals surface area (Å²) in [5, 5.41) is 0. The molecule has 0 amide bonds. The van der Waals surface area contributed by atoms with E-state index in [0.29, 0.717) is 12.2 Å². The minimum atomic E-state index is 0.379. The Morgan fingerprint density at radius 3 is 2.69 bits per heavy atom. The number of ketones is 1. The summed E-state index contributed by atoms with van der Waals surface area (Å²) in [6.45, 7) is 4.28. The lowest BCUT2D eigenvalue weighted by atomic mass is 9.91. The second-order valence-corrected chi connectivity index (χ2v) is 4.71. The number of carbonyl (C=O) groups is 1. The van der Waals surface area contributed by atoms with Gasteiger partial charge >= 0.3 is 0 Å². The summed E-state index contributed by atoms with van der Waals surface area (Å²) < 4.78 is 0. The van der Waals surface area contributed by atoms with Crippen LogP contribution in [0.3, 0.4) is 0 Å². The molecule has 0 saturated carbocycles. The summed E-state index contributed by atoms with van der Waals surface area (Å²) in [7, 11) is 0. The highest BCUT2D eigenvalue weighted by Gasteiger charge is 2.11. The topological polar surface area (TPSA) is 17.1 Å². The van der Waals surface area contributed by atoms with Gasteiger partial charge in [0.05, 0.1) is 0 Å². The van der Waals surface area contributed by atoms with Crippen LogP contribution in [0.2, 0.25) is 0 Å². The Balaban J connectivity index is 2.15. The lowest BCUT2D eigenvalue weighted by molar-refractivity contribution is -0.118. The van der Waals surface area contributed by atoms with E-state index in [2.05, 4.69) is 38.1 Å². The second-order valence-electron chi connectivity index (χ2n) is 4.71. The molecule has 0 atom stereocenters. The van der Waals surface area contributed by atoms with Crippen LogP contribution < -0.4 is 0 Å². The van der Waals surface area contributed by atoms with Gasteiger partial charge in [-0.15, -0.1) is 0 Å². The molecule has 0 radical (unpaired) electrons. The van der Waals surface area contributed by atoms with Crippen molar-refractivity contribution in [3.8, 4) is 0 Å². The lowest BCUT2D eigenvalue weighted by Crippen LogP contribution is -2.05. The highest BCUT2D eigenvalue weighted by molar-refractivity contribution is 5.81. The van der Waals surface area contributed by atoms with E-state index in [1.54, 1.807) is 0 Å². The number of benzene rings is 1. The Hall–Kier alpha value is -1.37. The molecule has 0 saturated heterocycles. The quantitative estimate of drug-likeness (QED) is 0.688. The minimum Gasteiger partial charge on any atom is -0.299 e. The van der Waals surface area contributed by atoms with Gasteiger partial charge in [-0.2, -0.15) is 0 Å². The van der Waals surface area contributed by atoms with E-state index < -0.39 is 0 Å². The van der Waals surface area contributed by atoms with Gasteiger partial charge in [0.15, 0.2) is 0 Å². The monoisotopic (exact) mass is 214 g/mol. The molecular formula is C15H18O. The maximum atomic E-state index is 11.1. The normalized spacial score (nSPS) is 16.1. The van der Waals surface area contributed by atoms with Crippen molar-refractivity contribution in [1.82, 2.24) is 0 Å². The zero-order valence-corrected chi connectivity index (χ0v) is 10.0. The van der Waals surface area contributed by atoms with Crippen LogP contribution >= 0.6 is 0 Å². The van der Waals surface area contributed by atoms with Crippen molar-refractivity contribution in [2.45, 2.75) is 39.5 Å². The fourth-order valence-electron chi connectivity index (χ4n) is 2.16. The van der Waals surface area contributed by atoms with Gasteiger partial charge in [0, 0.05) is 12.8 Å². The Kier molecular flexibility index (Phi) is 3.23. The Labute approximate surface area is 97.2 Å². The van der Waals surface area contributed by atoms with Crippen LogP contribution in [0.15, 0.2) is 29.8 Å². The Morgan fingerprint density at radius 2 is 2.00 bits per heavy atom. The molecule has 0 aromatic heterocycles. The number of rotatable bonds is 2. The number of aryl methyl sites for hydroxylation is 2. The van der Waals surface area contributed by atoms with Gasteiger partial charge < -0.3 is 0 Å². The summed E-state index contributed by atoms with van der Waals surface area (Å²) in [4.78, 5) is 11.1. The Morgan fingerprint density at radius 1 is 1.19 bits per heavy atom. The molecule has 0 N–H and O–H groups in total. The molecule has 16 heavy (non-hydrogen) atoms. The largest absolute Gasteiger partial charge is 0.299 e. The molecule has 0 heterocycles. The van der Waals surface area contributed by atoms with E-state index in [1.807, 2.05) is 0 Å². The number of hydrogen-bond donors (Lipinski definition) is 0. The third-order valence-electron chi connectivity index (χ3n) is 3.27. The average Bonchev–Trinajstić information content (AvgIpc) is 2.27. The third kappa shape index (κ3) is 2.60. The minimum absolute atomic E-state index is 0.379. The van der Waals surface area contributed by atoms with Crippen molar-refractivity contribution in [3.63, 3.8) is 0 Å². The highest BCUT2D eigenvalue weighted by Crippen LogP contribution is 2.21. The molecule has 84 valence electrons. The number of Topliss-reactive ketones (excluding diaryl/α,β-unsaturated/α-hetero) is 1. The smallest absolute Gasteiger partial charge is 0.136 e. The standard InChI is InChI=1S/C15H18O/c1-11-3-4-12(2)14(9-11)10-13-5-7-15(16)8-6-13/h3-5,9H,6-8,10H2,1-2H3. The van der Waals surface area contributed by atoms with Gasteiger partial charge in [0.2, 0.25) is 0 Å². The average molecular weight is 214 g/mol. The molecule has 1 heteroatoms. The van der Waals surface area contributed by atoms with Crippen molar-refractivity contribution in [3.05, 3.63) is 46.5 Å². The SMILES string of the molecule is Cc1ccc(C)c(CC2=CCC(=O)CC2)c1. The summed E-state index contributed by atoms with van der Waals surface area (Å²) in [6, 6.07) is 6.59. The van der Waals surface area contributed by atoms with Crippen LogP contribution in [0.1, 0.15) is 36.0 Å². The van der Waals surface area contributed by atoms with Crippen molar-refractivity contribution in [1.29, 1.82) is 0 Å².